The Balaban J connectivity index is 2.74. The van der Waals surface area contributed by atoms with Crippen molar-refractivity contribution in [2.45, 2.75) is 59.9 Å². The van der Waals surface area contributed by atoms with Crippen molar-refractivity contribution in [3.05, 3.63) is 34.9 Å². The van der Waals surface area contributed by atoms with Gasteiger partial charge in [-0.15, -0.1) is 0 Å². The average Bonchev–Trinajstić information content (AvgIpc) is 2.45. The van der Waals surface area contributed by atoms with E-state index >= 15 is 0 Å². The molecule has 2 heteroatoms. The lowest BCUT2D eigenvalue weighted by Gasteiger charge is -2.25. The van der Waals surface area contributed by atoms with Crippen LogP contribution in [0.1, 0.15) is 62.8 Å². The lowest BCUT2D eigenvalue weighted by molar-refractivity contribution is 0.269. The smallest absolute Gasteiger partial charge is 0.0332 e. The fourth-order valence-electron chi connectivity index (χ4n) is 2.97. The van der Waals surface area contributed by atoms with Crippen molar-refractivity contribution < 1.29 is 0 Å². The summed E-state index contributed by atoms with van der Waals surface area (Å²) in [5, 5.41) is 3.74. The molecule has 2 nitrogen and oxygen atoms in total. The molecule has 21 heavy (non-hydrogen) atoms. The first-order valence-electron chi connectivity index (χ1n) is 8.64. The van der Waals surface area contributed by atoms with Crippen LogP contribution in [-0.4, -0.2) is 31.1 Å². The molecular weight excluding hydrogens is 256 g/mol. The maximum atomic E-state index is 3.74. The van der Waals surface area contributed by atoms with Gasteiger partial charge in [0.05, 0.1) is 0 Å². The number of benzene rings is 1. The molecule has 120 valence electrons. The first kappa shape index (κ1) is 18.2. The second-order valence-electron chi connectivity index (χ2n) is 6.15. The highest BCUT2D eigenvalue weighted by atomic mass is 15.1. The normalized spacial score (nSPS) is 12.9. The molecule has 0 amide bonds. The van der Waals surface area contributed by atoms with Gasteiger partial charge in [0.2, 0.25) is 0 Å². The van der Waals surface area contributed by atoms with Crippen molar-refractivity contribution in [2.24, 2.45) is 0 Å². The van der Waals surface area contributed by atoms with E-state index in [1.54, 1.807) is 0 Å². The number of hydrogen-bond acceptors (Lipinski definition) is 2. The van der Waals surface area contributed by atoms with E-state index in [4.69, 9.17) is 0 Å². The molecule has 0 heterocycles. The molecule has 1 rings (SSSR count). The number of rotatable bonds is 10. The molecule has 0 saturated carbocycles. The van der Waals surface area contributed by atoms with Crippen molar-refractivity contribution in [3.63, 3.8) is 0 Å². The maximum Gasteiger partial charge on any atom is 0.0332 e. The summed E-state index contributed by atoms with van der Waals surface area (Å²) in [4.78, 5) is 2.56. The van der Waals surface area contributed by atoms with E-state index < -0.39 is 0 Å². The average molecular weight is 290 g/mol. The van der Waals surface area contributed by atoms with E-state index in [1.165, 1.54) is 49.0 Å². The van der Waals surface area contributed by atoms with E-state index in [2.05, 4.69) is 63.0 Å². The lowest BCUT2D eigenvalue weighted by Crippen LogP contribution is -2.30. The summed E-state index contributed by atoms with van der Waals surface area (Å²) >= 11 is 0. The van der Waals surface area contributed by atoms with Crippen LogP contribution >= 0.6 is 0 Å². The zero-order chi connectivity index (χ0) is 15.7. The highest BCUT2D eigenvalue weighted by Crippen LogP contribution is 2.20. The standard InChI is InChI=1S/C19H34N2/c1-6-10-20-19(9-12-21(8-3)11-7-2)18-14-16(4)13-17(5)15-18/h13-15,19-20H,6-12H2,1-5H3. The largest absolute Gasteiger partial charge is 0.310 e. The Kier molecular flexibility index (Phi) is 8.63. The Morgan fingerprint density at radius 3 is 2.14 bits per heavy atom. The summed E-state index contributed by atoms with van der Waals surface area (Å²) in [5.74, 6) is 0. The zero-order valence-corrected chi connectivity index (χ0v) is 14.7. The minimum Gasteiger partial charge on any atom is -0.310 e. The summed E-state index contributed by atoms with van der Waals surface area (Å²) < 4.78 is 0. The molecule has 0 bridgehead atoms. The van der Waals surface area contributed by atoms with Crippen LogP contribution in [-0.2, 0) is 0 Å². The molecule has 1 aromatic rings. The summed E-state index contributed by atoms with van der Waals surface area (Å²) in [6.07, 6.45) is 3.62. The van der Waals surface area contributed by atoms with Gasteiger partial charge in [-0.3, -0.25) is 0 Å². The summed E-state index contributed by atoms with van der Waals surface area (Å²) in [6.45, 7) is 15.8. The minimum absolute atomic E-state index is 0.481. The molecule has 0 saturated heterocycles. The molecule has 1 atom stereocenters. The monoisotopic (exact) mass is 290 g/mol. The third-order valence-corrected chi connectivity index (χ3v) is 4.01. The molecule has 1 N–H and O–H groups in total. The molecule has 0 aliphatic rings. The molecule has 1 aromatic carbocycles. The van der Waals surface area contributed by atoms with Gasteiger partial charge in [-0.2, -0.15) is 0 Å². The van der Waals surface area contributed by atoms with Crippen LogP contribution in [0.25, 0.3) is 0 Å². The van der Waals surface area contributed by atoms with Crippen molar-refractivity contribution in [3.8, 4) is 0 Å². The van der Waals surface area contributed by atoms with Crippen molar-refractivity contribution >= 4 is 0 Å². The lowest BCUT2D eigenvalue weighted by atomic mass is 9.98. The van der Waals surface area contributed by atoms with Gasteiger partial charge in [0.15, 0.2) is 0 Å². The van der Waals surface area contributed by atoms with Gasteiger partial charge in [-0.1, -0.05) is 50.1 Å². The van der Waals surface area contributed by atoms with E-state index in [9.17, 15) is 0 Å². The van der Waals surface area contributed by atoms with Crippen molar-refractivity contribution in [1.29, 1.82) is 0 Å². The van der Waals surface area contributed by atoms with Gasteiger partial charge in [0.25, 0.3) is 0 Å². The third-order valence-electron chi connectivity index (χ3n) is 4.01. The summed E-state index contributed by atoms with van der Waals surface area (Å²) in [5.41, 5.74) is 4.19. The van der Waals surface area contributed by atoms with E-state index in [-0.39, 0.29) is 0 Å². The van der Waals surface area contributed by atoms with Crippen molar-refractivity contribution in [2.75, 3.05) is 26.2 Å². The van der Waals surface area contributed by atoms with Gasteiger partial charge < -0.3 is 10.2 Å². The Morgan fingerprint density at radius 2 is 1.62 bits per heavy atom. The van der Waals surface area contributed by atoms with Crippen LogP contribution < -0.4 is 5.32 Å². The van der Waals surface area contributed by atoms with Crippen LogP contribution in [0.15, 0.2) is 18.2 Å². The highest BCUT2D eigenvalue weighted by molar-refractivity contribution is 5.30. The van der Waals surface area contributed by atoms with Crippen LogP contribution in [0, 0.1) is 13.8 Å². The quantitative estimate of drug-likeness (QED) is 0.684. The van der Waals surface area contributed by atoms with Crippen molar-refractivity contribution in [1.82, 2.24) is 10.2 Å². The SMILES string of the molecule is CCCNC(CCN(CC)CCC)c1cc(C)cc(C)c1. The van der Waals surface area contributed by atoms with Crippen LogP contribution in [0.5, 0.6) is 0 Å². The van der Waals surface area contributed by atoms with Crippen LogP contribution in [0.2, 0.25) is 0 Å². The number of hydrogen-bond donors (Lipinski definition) is 1. The molecule has 0 radical (unpaired) electrons. The maximum absolute atomic E-state index is 3.74. The van der Waals surface area contributed by atoms with E-state index in [0.717, 1.165) is 13.1 Å². The van der Waals surface area contributed by atoms with Gasteiger partial charge in [0, 0.05) is 6.04 Å². The van der Waals surface area contributed by atoms with E-state index in [1.807, 2.05) is 0 Å². The molecule has 0 fully saturated rings. The molecular formula is C19H34N2. The minimum atomic E-state index is 0.481. The first-order chi connectivity index (χ1) is 10.1. The molecule has 0 aromatic heterocycles. The predicted octanol–water partition coefficient (Wildman–Crippen LogP) is 4.47. The van der Waals surface area contributed by atoms with E-state index in [0.29, 0.717) is 6.04 Å². The Morgan fingerprint density at radius 1 is 0.952 bits per heavy atom. The fraction of sp³-hybridized carbons (Fsp3) is 0.684. The zero-order valence-electron chi connectivity index (χ0n) is 14.7. The van der Waals surface area contributed by atoms with Gasteiger partial charge in [0.1, 0.15) is 0 Å². The van der Waals surface area contributed by atoms with Gasteiger partial charge >= 0.3 is 0 Å². The molecule has 1 unspecified atom stereocenters. The van der Waals surface area contributed by atoms with Crippen LogP contribution in [0.3, 0.4) is 0 Å². The number of aryl methyl sites for hydroxylation is 2. The second kappa shape index (κ2) is 9.97. The summed E-state index contributed by atoms with van der Waals surface area (Å²) in [7, 11) is 0. The summed E-state index contributed by atoms with van der Waals surface area (Å²) in [6, 6.07) is 7.43. The fourth-order valence-corrected chi connectivity index (χ4v) is 2.97. The Bertz CT molecular complexity index is 380. The first-order valence-corrected chi connectivity index (χ1v) is 8.64. The van der Waals surface area contributed by atoms with Gasteiger partial charge in [-0.05, 0) is 64.9 Å². The number of nitrogens with one attached hydrogen (secondary N) is 1. The third kappa shape index (κ3) is 6.62. The highest BCUT2D eigenvalue weighted by Gasteiger charge is 2.13. The number of nitrogens with zero attached hydrogens (tertiary/aromatic N) is 1. The molecule has 0 aliphatic heterocycles. The topological polar surface area (TPSA) is 15.3 Å². The predicted molar refractivity (Wildman–Crippen MR) is 94.0 cm³/mol. The molecule has 0 spiro atoms. The Hall–Kier alpha value is -0.860. The molecule has 0 aliphatic carbocycles. The second-order valence-corrected chi connectivity index (χ2v) is 6.15. The Labute approximate surface area is 131 Å². The van der Waals surface area contributed by atoms with Crippen LogP contribution in [0.4, 0.5) is 0 Å². The van der Waals surface area contributed by atoms with Gasteiger partial charge in [-0.25, -0.2) is 0 Å².